The van der Waals surface area contributed by atoms with Crippen molar-refractivity contribution in [2.75, 3.05) is 0 Å². The Bertz CT molecular complexity index is 738. The van der Waals surface area contributed by atoms with Crippen LogP contribution in [0.2, 0.25) is 0 Å². The lowest BCUT2D eigenvalue weighted by Gasteiger charge is -2.07. The maximum atomic E-state index is 4.53. The van der Waals surface area contributed by atoms with E-state index < -0.39 is 0 Å². The molecule has 0 aliphatic rings. The normalized spacial score (nSPS) is 11.2. The molecule has 3 rings (SSSR count). The van der Waals surface area contributed by atoms with Crippen LogP contribution in [0.3, 0.4) is 0 Å². The number of aromatic nitrogens is 2. The van der Waals surface area contributed by atoms with Gasteiger partial charge in [0.2, 0.25) is 0 Å². The molecule has 0 fully saturated rings. The molecule has 1 heterocycles. The van der Waals surface area contributed by atoms with Gasteiger partial charge in [0.15, 0.2) is 0 Å². The van der Waals surface area contributed by atoms with Crippen molar-refractivity contribution >= 4 is 53.7 Å². The highest BCUT2D eigenvalue weighted by atomic mass is 79.9. The number of nitrogens with zero attached hydrogens (tertiary/aromatic N) is 2. The van der Waals surface area contributed by atoms with Crippen molar-refractivity contribution in [3.05, 3.63) is 45.1 Å². The molecule has 84 valence electrons. The maximum absolute atomic E-state index is 4.53. The number of benzene rings is 2. The van der Waals surface area contributed by atoms with Crippen molar-refractivity contribution in [3.8, 4) is 0 Å². The lowest BCUT2D eigenvalue weighted by atomic mass is 10.0. The third-order valence-corrected chi connectivity index (χ3v) is 4.49. The monoisotopic (exact) mass is 350 g/mol. The highest BCUT2D eigenvalue weighted by Gasteiger charge is 2.09. The molecular weight excluding hydrogens is 344 g/mol. The van der Waals surface area contributed by atoms with E-state index in [1.165, 1.54) is 16.3 Å². The van der Waals surface area contributed by atoms with Crippen LogP contribution in [-0.2, 0) is 0 Å². The first-order valence-electron chi connectivity index (χ1n) is 5.18. The molecular formula is C13H8Br2N2. The molecule has 2 nitrogen and oxygen atoms in total. The Morgan fingerprint density at radius 2 is 1.71 bits per heavy atom. The van der Waals surface area contributed by atoms with Gasteiger partial charge >= 0.3 is 0 Å². The van der Waals surface area contributed by atoms with Crippen LogP contribution in [0.15, 0.2) is 39.5 Å². The average Bonchev–Trinajstić information content (AvgIpc) is 2.32. The van der Waals surface area contributed by atoms with Gasteiger partial charge in [-0.1, -0.05) is 24.3 Å². The van der Waals surface area contributed by atoms with Crippen LogP contribution < -0.4 is 0 Å². The molecule has 0 N–H and O–H groups in total. The molecule has 0 atom stereocenters. The molecule has 4 heteroatoms. The van der Waals surface area contributed by atoms with Crippen LogP contribution in [0, 0.1) is 6.92 Å². The molecule has 0 unspecified atom stereocenters. The number of hydrogen-bond acceptors (Lipinski definition) is 2. The van der Waals surface area contributed by atoms with Crippen LogP contribution in [0.4, 0.5) is 0 Å². The summed E-state index contributed by atoms with van der Waals surface area (Å²) >= 11 is 6.78. The Hall–Kier alpha value is -1.000. The van der Waals surface area contributed by atoms with Gasteiger partial charge in [-0.3, -0.25) is 0 Å². The van der Waals surface area contributed by atoms with E-state index in [9.17, 15) is 0 Å². The second-order valence-electron chi connectivity index (χ2n) is 3.90. The van der Waals surface area contributed by atoms with Gasteiger partial charge < -0.3 is 0 Å². The summed E-state index contributed by atoms with van der Waals surface area (Å²) in [6, 6.07) is 10.4. The molecule has 0 radical (unpaired) electrons. The van der Waals surface area contributed by atoms with Crippen molar-refractivity contribution in [1.82, 2.24) is 9.97 Å². The quantitative estimate of drug-likeness (QED) is 0.552. The highest BCUT2D eigenvalue weighted by Crippen LogP contribution is 2.29. The summed E-state index contributed by atoms with van der Waals surface area (Å²) in [4.78, 5) is 9.03. The van der Waals surface area contributed by atoms with E-state index in [1.807, 2.05) is 12.1 Å². The van der Waals surface area contributed by atoms with Gasteiger partial charge in [-0.2, -0.15) is 0 Å². The van der Waals surface area contributed by atoms with E-state index in [1.54, 1.807) is 0 Å². The summed E-state index contributed by atoms with van der Waals surface area (Å²) in [6.45, 7) is 2.08. The topological polar surface area (TPSA) is 25.8 Å². The van der Waals surface area contributed by atoms with Crippen LogP contribution in [0.5, 0.6) is 0 Å². The van der Waals surface area contributed by atoms with Crippen molar-refractivity contribution < 1.29 is 0 Å². The second kappa shape index (κ2) is 4.03. The van der Waals surface area contributed by atoms with Crippen LogP contribution in [-0.4, -0.2) is 9.97 Å². The average molecular weight is 352 g/mol. The van der Waals surface area contributed by atoms with Gasteiger partial charge in [-0.15, -0.1) is 0 Å². The van der Waals surface area contributed by atoms with Gasteiger partial charge in [-0.25, -0.2) is 9.97 Å². The first-order chi connectivity index (χ1) is 8.16. The summed E-state index contributed by atoms with van der Waals surface area (Å²) in [7, 11) is 0. The SMILES string of the molecule is Cc1c2ccccc2cc2nc(Br)c(Br)nc12. The minimum atomic E-state index is 0.736. The van der Waals surface area contributed by atoms with Crippen molar-refractivity contribution in [3.63, 3.8) is 0 Å². The molecule has 0 amide bonds. The summed E-state index contributed by atoms with van der Waals surface area (Å²) < 4.78 is 1.48. The van der Waals surface area contributed by atoms with Crippen molar-refractivity contribution in [2.24, 2.45) is 0 Å². The number of fused-ring (bicyclic) bond motifs is 2. The molecule has 0 aliphatic carbocycles. The van der Waals surface area contributed by atoms with Gasteiger partial charge in [0.05, 0.1) is 11.0 Å². The van der Waals surface area contributed by atoms with Gasteiger partial charge in [-0.05, 0) is 61.2 Å². The molecule has 0 saturated heterocycles. The molecule has 3 aromatic rings. The molecule has 0 aliphatic heterocycles. The number of hydrogen-bond donors (Lipinski definition) is 0. The third-order valence-electron chi connectivity index (χ3n) is 2.85. The van der Waals surface area contributed by atoms with E-state index in [2.05, 4.69) is 67.0 Å². The Balaban J connectivity index is 2.55. The number of rotatable bonds is 0. The minimum Gasteiger partial charge on any atom is -0.236 e. The lowest BCUT2D eigenvalue weighted by molar-refractivity contribution is 1.20. The van der Waals surface area contributed by atoms with E-state index in [-0.39, 0.29) is 0 Å². The number of aryl methyl sites for hydroxylation is 1. The Morgan fingerprint density at radius 1 is 1.00 bits per heavy atom. The molecule has 0 saturated carbocycles. The second-order valence-corrected chi connectivity index (χ2v) is 5.40. The van der Waals surface area contributed by atoms with Crippen molar-refractivity contribution in [1.29, 1.82) is 0 Å². The van der Waals surface area contributed by atoms with Gasteiger partial charge in [0.1, 0.15) is 9.21 Å². The molecule has 1 aromatic heterocycles. The fourth-order valence-electron chi connectivity index (χ4n) is 2.02. The van der Waals surface area contributed by atoms with Crippen molar-refractivity contribution in [2.45, 2.75) is 6.92 Å². The lowest BCUT2D eigenvalue weighted by Crippen LogP contribution is -1.91. The van der Waals surface area contributed by atoms with Gasteiger partial charge in [0, 0.05) is 0 Å². The summed E-state index contributed by atoms with van der Waals surface area (Å²) in [5.74, 6) is 0. The summed E-state index contributed by atoms with van der Waals surface area (Å²) in [5.41, 5.74) is 3.02. The number of halogens is 2. The maximum Gasteiger partial charge on any atom is 0.139 e. The fourth-order valence-corrected chi connectivity index (χ4v) is 2.57. The van der Waals surface area contributed by atoms with E-state index in [4.69, 9.17) is 0 Å². The van der Waals surface area contributed by atoms with Crippen LogP contribution in [0.1, 0.15) is 5.56 Å². The first-order valence-corrected chi connectivity index (χ1v) is 6.76. The zero-order chi connectivity index (χ0) is 12.0. The van der Waals surface area contributed by atoms with E-state index >= 15 is 0 Å². The van der Waals surface area contributed by atoms with Crippen LogP contribution in [0.25, 0.3) is 21.8 Å². The predicted molar refractivity (Wildman–Crippen MR) is 77.2 cm³/mol. The third kappa shape index (κ3) is 1.76. The Labute approximate surface area is 115 Å². The minimum absolute atomic E-state index is 0.736. The van der Waals surface area contributed by atoms with Gasteiger partial charge in [0.25, 0.3) is 0 Å². The Morgan fingerprint density at radius 3 is 2.53 bits per heavy atom. The fraction of sp³-hybridized carbons (Fsp3) is 0.0769. The standard InChI is InChI=1S/C13H8Br2N2/c1-7-9-5-3-2-4-8(9)6-10-11(7)17-13(15)12(14)16-10/h2-6H,1H3. The Kier molecular flexibility index (Phi) is 2.64. The zero-order valence-electron chi connectivity index (χ0n) is 9.04. The largest absolute Gasteiger partial charge is 0.236 e. The zero-order valence-corrected chi connectivity index (χ0v) is 12.2. The van der Waals surface area contributed by atoms with E-state index in [0.29, 0.717) is 0 Å². The molecule has 0 bridgehead atoms. The smallest absolute Gasteiger partial charge is 0.139 e. The first kappa shape index (κ1) is 11.1. The van der Waals surface area contributed by atoms with E-state index in [0.717, 1.165) is 20.2 Å². The summed E-state index contributed by atoms with van der Waals surface area (Å²) in [5, 5.41) is 2.42. The predicted octanol–water partition coefficient (Wildman–Crippen LogP) is 4.62. The molecule has 0 spiro atoms. The molecule has 2 aromatic carbocycles. The summed E-state index contributed by atoms with van der Waals surface area (Å²) in [6.07, 6.45) is 0. The highest BCUT2D eigenvalue weighted by molar-refractivity contribution is 9.13. The molecule has 17 heavy (non-hydrogen) atoms. The van der Waals surface area contributed by atoms with Crippen LogP contribution >= 0.6 is 31.9 Å².